The predicted octanol–water partition coefficient (Wildman–Crippen LogP) is 4.45. The zero-order chi connectivity index (χ0) is 23.7. The average Bonchev–Trinajstić information content (AvgIpc) is 3.15. The number of esters is 1. The molecular formula is C27H31N3O4. The smallest absolute Gasteiger partial charge is 0.409 e. The van der Waals surface area contributed by atoms with Gasteiger partial charge < -0.3 is 14.4 Å². The van der Waals surface area contributed by atoms with Gasteiger partial charge in [0.05, 0.1) is 23.9 Å². The number of rotatable bonds is 4. The number of aromatic nitrogens is 2. The van der Waals surface area contributed by atoms with Gasteiger partial charge in [-0.25, -0.2) is 4.79 Å². The number of cyclic esters (lactones) is 1. The third-order valence-electron chi connectivity index (χ3n) is 7.66. The van der Waals surface area contributed by atoms with Gasteiger partial charge >= 0.3 is 12.1 Å². The molecule has 7 nitrogen and oxygen atoms in total. The molecule has 1 saturated carbocycles. The molecule has 0 N–H and O–H groups in total. The lowest BCUT2D eigenvalue weighted by atomic mass is 9.59. The summed E-state index contributed by atoms with van der Waals surface area (Å²) in [4.78, 5) is 35.8. The number of nitrogens with zero attached hydrogens (tertiary/aromatic N) is 3. The summed E-state index contributed by atoms with van der Waals surface area (Å²) < 4.78 is 10.9. The monoisotopic (exact) mass is 461 g/mol. The van der Waals surface area contributed by atoms with Crippen molar-refractivity contribution in [3.05, 3.63) is 54.5 Å². The van der Waals surface area contributed by atoms with Crippen LogP contribution in [0.2, 0.25) is 0 Å². The summed E-state index contributed by atoms with van der Waals surface area (Å²) >= 11 is 0. The first-order chi connectivity index (χ1) is 16.5. The standard InChI is InChI=1S/C27H31N3O4/c1-3-33-27(32)30-13-11-21-19(16-30)14-23-25(17(2)34-26(23)31)22(21)10-9-20-8-7-18(15-29-20)24-6-4-5-12-28-24/h4-10,12,15,17,19,21-23,25H,3,11,13-14,16H2,1-2H3/t17-,19-,21-,22+,23-,25+/m1/s1. The van der Waals surface area contributed by atoms with Crippen molar-refractivity contribution in [1.29, 1.82) is 0 Å². The van der Waals surface area contributed by atoms with Crippen molar-refractivity contribution in [3.8, 4) is 11.3 Å². The number of hydrogen-bond donors (Lipinski definition) is 0. The van der Waals surface area contributed by atoms with Crippen molar-refractivity contribution >= 4 is 18.1 Å². The molecule has 4 heterocycles. The molecule has 5 rings (SSSR count). The minimum absolute atomic E-state index is 0.0968. The second kappa shape index (κ2) is 9.57. The molecule has 2 aromatic heterocycles. The van der Waals surface area contributed by atoms with E-state index >= 15 is 0 Å². The van der Waals surface area contributed by atoms with Gasteiger partial charge in [-0.05, 0) is 74.8 Å². The van der Waals surface area contributed by atoms with E-state index in [4.69, 9.17) is 9.47 Å². The highest BCUT2D eigenvalue weighted by Gasteiger charge is 2.54. The molecule has 6 atom stereocenters. The number of piperidine rings is 1. The van der Waals surface area contributed by atoms with Gasteiger partial charge in [0, 0.05) is 37.0 Å². The van der Waals surface area contributed by atoms with Gasteiger partial charge in [0.2, 0.25) is 0 Å². The van der Waals surface area contributed by atoms with Crippen LogP contribution in [0.4, 0.5) is 4.79 Å². The Hall–Kier alpha value is -3.22. The Morgan fingerprint density at radius 3 is 2.88 bits per heavy atom. The fraction of sp³-hybridized carbons (Fsp3) is 0.481. The quantitative estimate of drug-likeness (QED) is 0.626. The molecule has 2 saturated heterocycles. The fourth-order valence-corrected chi connectivity index (χ4v) is 6.14. The van der Waals surface area contributed by atoms with E-state index in [1.54, 1.807) is 11.1 Å². The van der Waals surface area contributed by atoms with Crippen LogP contribution in [0.5, 0.6) is 0 Å². The molecule has 2 aliphatic heterocycles. The summed E-state index contributed by atoms with van der Waals surface area (Å²) in [6.45, 7) is 5.52. The third kappa shape index (κ3) is 4.31. The summed E-state index contributed by atoms with van der Waals surface area (Å²) in [6, 6.07) is 9.86. The molecule has 3 aliphatic rings. The molecule has 0 radical (unpaired) electrons. The van der Waals surface area contributed by atoms with E-state index in [1.165, 1.54) is 0 Å². The maximum absolute atomic E-state index is 12.6. The molecule has 7 heteroatoms. The highest BCUT2D eigenvalue weighted by Crippen LogP contribution is 2.51. The maximum atomic E-state index is 12.6. The van der Waals surface area contributed by atoms with Crippen molar-refractivity contribution in [1.82, 2.24) is 14.9 Å². The van der Waals surface area contributed by atoms with Crippen molar-refractivity contribution in [2.24, 2.45) is 29.6 Å². The first-order valence-corrected chi connectivity index (χ1v) is 12.2. The molecule has 1 amide bonds. The number of likely N-dealkylation sites (tertiary alicyclic amines) is 1. The Labute approximate surface area is 200 Å². The second-order valence-electron chi connectivity index (χ2n) is 9.54. The Bertz CT molecular complexity index is 1060. The minimum atomic E-state index is -0.255. The van der Waals surface area contributed by atoms with Crippen LogP contribution in [0, 0.1) is 29.6 Å². The van der Waals surface area contributed by atoms with Gasteiger partial charge in [-0.3, -0.25) is 14.8 Å². The Morgan fingerprint density at radius 1 is 1.26 bits per heavy atom. The van der Waals surface area contributed by atoms with Crippen LogP contribution in [0.3, 0.4) is 0 Å². The van der Waals surface area contributed by atoms with Crippen LogP contribution >= 0.6 is 0 Å². The molecule has 0 unspecified atom stereocenters. The van der Waals surface area contributed by atoms with Crippen LogP contribution in [-0.4, -0.2) is 52.7 Å². The molecule has 3 fully saturated rings. The number of carbonyl (C=O) groups excluding carboxylic acids is 2. The SMILES string of the molecule is CCOC(=O)N1CC[C@@H]2[C@H](C[C@H]3C(=O)O[C@H](C)[C@H]3[C@H]2C=Cc2ccc(-c3ccccn3)cn2)C1. The maximum Gasteiger partial charge on any atom is 0.409 e. The van der Waals surface area contributed by atoms with E-state index < -0.39 is 0 Å². The Morgan fingerprint density at radius 2 is 2.15 bits per heavy atom. The lowest BCUT2D eigenvalue weighted by Gasteiger charge is -2.48. The molecule has 34 heavy (non-hydrogen) atoms. The van der Waals surface area contributed by atoms with Gasteiger partial charge in [0.25, 0.3) is 0 Å². The second-order valence-corrected chi connectivity index (χ2v) is 9.54. The lowest BCUT2D eigenvalue weighted by Crippen LogP contribution is -2.51. The summed E-state index contributed by atoms with van der Waals surface area (Å²) in [5.41, 5.74) is 2.75. The van der Waals surface area contributed by atoms with Crippen molar-refractivity contribution in [3.63, 3.8) is 0 Å². The molecule has 1 aliphatic carbocycles. The third-order valence-corrected chi connectivity index (χ3v) is 7.66. The molecule has 2 aromatic rings. The summed E-state index contributed by atoms with van der Waals surface area (Å²) in [5, 5.41) is 0. The normalized spacial score (nSPS) is 30.5. The van der Waals surface area contributed by atoms with Gasteiger partial charge in [-0.2, -0.15) is 0 Å². The minimum Gasteiger partial charge on any atom is -0.462 e. The van der Waals surface area contributed by atoms with Crippen LogP contribution in [0.15, 0.2) is 48.8 Å². The van der Waals surface area contributed by atoms with Gasteiger partial charge in [0.1, 0.15) is 6.10 Å². The predicted molar refractivity (Wildman–Crippen MR) is 127 cm³/mol. The zero-order valence-electron chi connectivity index (χ0n) is 19.7. The lowest BCUT2D eigenvalue weighted by molar-refractivity contribution is -0.144. The van der Waals surface area contributed by atoms with Gasteiger partial charge in [-0.15, -0.1) is 0 Å². The Kier molecular flexibility index (Phi) is 6.35. The van der Waals surface area contributed by atoms with E-state index in [9.17, 15) is 9.59 Å². The van der Waals surface area contributed by atoms with Crippen molar-refractivity contribution < 1.29 is 19.1 Å². The topological polar surface area (TPSA) is 81.6 Å². The Balaban J connectivity index is 1.37. The molecular weight excluding hydrogens is 430 g/mol. The summed E-state index contributed by atoms with van der Waals surface area (Å²) in [5.74, 6) is 0.797. The van der Waals surface area contributed by atoms with Gasteiger partial charge in [-0.1, -0.05) is 12.1 Å². The molecule has 0 spiro atoms. The van der Waals surface area contributed by atoms with E-state index in [0.717, 1.165) is 29.8 Å². The van der Waals surface area contributed by atoms with E-state index in [-0.39, 0.29) is 41.8 Å². The van der Waals surface area contributed by atoms with E-state index in [2.05, 4.69) is 22.1 Å². The number of allylic oxidation sites excluding steroid dienone is 1. The van der Waals surface area contributed by atoms with E-state index in [1.807, 2.05) is 50.4 Å². The number of carbonyl (C=O) groups is 2. The zero-order valence-corrected chi connectivity index (χ0v) is 19.7. The largest absolute Gasteiger partial charge is 0.462 e. The van der Waals surface area contributed by atoms with Gasteiger partial charge in [0.15, 0.2) is 0 Å². The number of amides is 1. The van der Waals surface area contributed by atoms with Crippen molar-refractivity contribution in [2.45, 2.75) is 32.8 Å². The molecule has 0 aromatic carbocycles. The van der Waals surface area contributed by atoms with Crippen LogP contribution in [0.25, 0.3) is 17.3 Å². The van der Waals surface area contributed by atoms with Crippen molar-refractivity contribution in [2.75, 3.05) is 19.7 Å². The van der Waals surface area contributed by atoms with Crippen LogP contribution in [-0.2, 0) is 14.3 Å². The number of fused-ring (bicyclic) bond motifs is 2. The number of ether oxygens (including phenoxy) is 2. The highest BCUT2D eigenvalue weighted by atomic mass is 16.6. The van der Waals surface area contributed by atoms with E-state index in [0.29, 0.717) is 25.6 Å². The average molecular weight is 462 g/mol. The first kappa shape index (κ1) is 22.6. The van der Waals surface area contributed by atoms with Crippen LogP contribution < -0.4 is 0 Å². The number of hydrogen-bond acceptors (Lipinski definition) is 6. The first-order valence-electron chi connectivity index (χ1n) is 12.2. The molecule has 178 valence electrons. The summed E-state index contributed by atoms with van der Waals surface area (Å²) in [6.07, 6.45) is 9.24. The number of pyridine rings is 2. The molecule has 0 bridgehead atoms. The fourth-order valence-electron chi connectivity index (χ4n) is 6.14. The summed E-state index contributed by atoms with van der Waals surface area (Å²) in [7, 11) is 0. The van der Waals surface area contributed by atoms with Crippen LogP contribution in [0.1, 0.15) is 32.4 Å². The highest BCUT2D eigenvalue weighted by molar-refractivity contribution is 5.76.